The van der Waals surface area contributed by atoms with Crippen LogP contribution in [0.1, 0.15) is 40.0 Å². The highest BCUT2D eigenvalue weighted by Crippen LogP contribution is 2.29. The Balaban J connectivity index is 2.60. The van der Waals surface area contributed by atoms with Crippen LogP contribution in [-0.2, 0) is 14.3 Å². The van der Waals surface area contributed by atoms with E-state index < -0.39 is 11.5 Å². The zero-order valence-corrected chi connectivity index (χ0v) is 10.7. The Morgan fingerprint density at radius 3 is 2.71 bits per heavy atom. The molecule has 5 heteroatoms. The average molecular weight is 243 g/mol. The molecule has 2 atom stereocenters. The lowest BCUT2D eigenvalue weighted by Crippen LogP contribution is -2.52. The van der Waals surface area contributed by atoms with E-state index in [4.69, 9.17) is 4.74 Å². The summed E-state index contributed by atoms with van der Waals surface area (Å²) in [6.07, 6.45) is 2.11. The van der Waals surface area contributed by atoms with Crippen molar-refractivity contribution in [1.29, 1.82) is 0 Å². The van der Waals surface area contributed by atoms with Crippen LogP contribution in [0.2, 0.25) is 0 Å². The fourth-order valence-electron chi connectivity index (χ4n) is 1.99. The third-order valence-electron chi connectivity index (χ3n) is 3.47. The molecule has 1 N–H and O–H groups in total. The first-order valence-electron chi connectivity index (χ1n) is 6.07. The van der Waals surface area contributed by atoms with Gasteiger partial charge < -0.3 is 14.7 Å². The zero-order valence-electron chi connectivity index (χ0n) is 10.7. The Kier molecular flexibility index (Phi) is 4.51. The Morgan fingerprint density at radius 2 is 2.18 bits per heavy atom. The lowest BCUT2D eigenvalue weighted by Gasteiger charge is -2.31. The predicted molar refractivity (Wildman–Crippen MR) is 62.7 cm³/mol. The van der Waals surface area contributed by atoms with Gasteiger partial charge in [0.05, 0.1) is 6.10 Å². The van der Waals surface area contributed by atoms with Crippen LogP contribution in [0.3, 0.4) is 0 Å². The number of carbonyl (C=O) groups excluding carboxylic acids is 1. The van der Waals surface area contributed by atoms with Crippen molar-refractivity contribution in [2.45, 2.75) is 51.7 Å². The fourth-order valence-corrected chi connectivity index (χ4v) is 1.99. The monoisotopic (exact) mass is 243 g/mol. The van der Waals surface area contributed by atoms with E-state index in [1.165, 1.54) is 4.90 Å². The first-order chi connectivity index (χ1) is 7.91. The Hall–Kier alpha value is -1.10. The largest absolute Gasteiger partial charge is 0.480 e. The number of nitrogens with zero attached hydrogens (tertiary/aromatic N) is 1. The molecular weight excluding hydrogens is 222 g/mol. The van der Waals surface area contributed by atoms with E-state index in [1.807, 2.05) is 13.8 Å². The number of carboxylic acids is 1. The maximum atomic E-state index is 11.9. The number of hydrogen-bond acceptors (Lipinski definition) is 3. The van der Waals surface area contributed by atoms with Crippen molar-refractivity contribution in [3.63, 3.8) is 0 Å². The molecule has 1 aliphatic rings. The molecule has 0 spiro atoms. The molecule has 1 aliphatic heterocycles. The smallest absolute Gasteiger partial charge is 0.329 e. The van der Waals surface area contributed by atoms with Crippen LogP contribution in [0.5, 0.6) is 0 Å². The van der Waals surface area contributed by atoms with E-state index in [0.717, 1.165) is 12.8 Å². The third-order valence-corrected chi connectivity index (χ3v) is 3.47. The quantitative estimate of drug-likeness (QED) is 0.789. The number of aliphatic carboxylic acids is 1. The summed E-state index contributed by atoms with van der Waals surface area (Å²) < 4.78 is 5.35. The maximum Gasteiger partial charge on any atom is 0.329 e. The molecule has 0 radical (unpaired) electrons. The van der Waals surface area contributed by atoms with E-state index in [1.54, 1.807) is 6.92 Å². The number of carboxylic acid groups (broad SMARTS) is 1. The number of rotatable bonds is 5. The average Bonchev–Trinajstić information content (AvgIpc) is 2.69. The highest BCUT2D eigenvalue weighted by molar-refractivity contribution is 5.87. The van der Waals surface area contributed by atoms with Gasteiger partial charge in [0, 0.05) is 6.54 Å². The summed E-state index contributed by atoms with van der Waals surface area (Å²) in [5, 5.41) is 9.18. The maximum absolute atomic E-state index is 11.9. The number of likely N-dealkylation sites (tertiary alicyclic amines) is 1. The number of ether oxygens (including phenoxy) is 1. The third kappa shape index (κ3) is 2.97. The number of hydrogen-bond donors (Lipinski definition) is 1. The molecule has 0 aromatic rings. The van der Waals surface area contributed by atoms with Crippen LogP contribution in [0, 0.1) is 0 Å². The molecular formula is C12H21NO4. The second kappa shape index (κ2) is 5.49. The van der Waals surface area contributed by atoms with Crippen LogP contribution in [0.15, 0.2) is 0 Å². The van der Waals surface area contributed by atoms with Crippen molar-refractivity contribution in [1.82, 2.24) is 4.90 Å². The van der Waals surface area contributed by atoms with Gasteiger partial charge in [-0.1, -0.05) is 6.92 Å². The topological polar surface area (TPSA) is 66.8 Å². The summed E-state index contributed by atoms with van der Waals surface area (Å²) in [5.74, 6) is -1.17. The van der Waals surface area contributed by atoms with E-state index in [2.05, 4.69) is 0 Å². The lowest BCUT2D eigenvalue weighted by atomic mass is 9.99. The standard InChI is InChI=1S/C12H21NO4/c1-4-9(2)17-8-10(14)13-7-5-6-12(13,3)11(15)16/h9H,4-8H2,1-3H3,(H,15,16). The lowest BCUT2D eigenvalue weighted by molar-refractivity contribution is -0.157. The van der Waals surface area contributed by atoms with E-state index in [9.17, 15) is 14.7 Å². The van der Waals surface area contributed by atoms with Gasteiger partial charge in [0.2, 0.25) is 5.91 Å². The molecule has 1 rings (SSSR count). The van der Waals surface area contributed by atoms with Crippen LogP contribution >= 0.6 is 0 Å². The molecule has 0 aliphatic carbocycles. The minimum atomic E-state index is -1.06. The van der Waals surface area contributed by atoms with Gasteiger partial charge in [0.25, 0.3) is 0 Å². The minimum absolute atomic E-state index is 0.0256. The van der Waals surface area contributed by atoms with Gasteiger partial charge in [-0.15, -0.1) is 0 Å². The van der Waals surface area contributed by atoms with Gasteiger partial charge in [0.15, 0.2) is 0 Å². The Morgan fingerprint density at radius 1 is 1.53 bits per heavy atom. The highest BCUT2D eigenvalue weighted by Gasteiger charge is 2.45. The molecule has 1 amide bonds. The first-order valence-corrected chi connectivity index (χ1v) is 6.07. The molecule has 0 bridgehead atoms. The molecule has 0 aromatic heterocycles. The van der Waals surface area contributed by atoms with Crippen LogP contribution in [-0.4, -0.2) is 46.7 Å². The molecule has 0 saturated carbocycles. The fraction of sp³-hybridized carbons (Fsp3) is 0.833. The van der Waals surface area contributed by atoms with Crippen molar-refractivity contribution >= 4 is 11.9 Å². The summed E-state index contributed by atoms with van der Waals surface area (Å²) in [6, 6.07) is 0. The number of amides is 1. The van der Waals surface area contributed by atoms with Gasteiger partial charge in [-0.05, 0) is 33.1 Å². The molecule has 2 unspecified atom stereocenters. The van der Waals surface area contributed by atoms with Crippen LogP contribution < -0.4 is 0 Å². The molecule has 1 heterocycles. The van der Waals surface area contributed by atoms with Crippen molar-refractivity contribution < 1.29 is 19.4 Å². The van der Waals surface area contributed by atoms with Crippen LogP contribution in [0.25, 0.3) is 0 Å². The highest BCUT2D eigenvalue weighted by atomic mass is 16.5. The van der Waals surface area contributed by atoms with Crippen molar-refractivity contribution in [3.8, 4) is 0 Å². The molecule has 1 fully saturated rings. The second-order valence-electron chi connectivity index (χ2n) is 4.76. The summed E-state index contributed by atoms with van der Waals surface area (Å²) in [6.45, 7) is 5.95. The van der Waals surface area contributed by atoms with Gasteiger partial charge in [-0.3, -0.25) is 4.79 Å². The van der Waals surface area contributed by atoms with E-state index in [0.29, 0.717) is 13.0 Å². The molecule has 17 heavy (non-hydrogen) atoms. The predicted octanol–water partition coefficient (Wildman–Crippen LogP) is 1.27. The summed E-state index contributed by atoms with van der Waals surface area (Å²) in [5.41, 5.74) is -1.06. The Labute approximate surface area is 102 Å². The number of carbonyl (C=O) groups is 2. The van der Waals surface area contributed by atoms with Gasteiger partial charge in [-0.2, -0.15) is 0 Å². The molecule has 1 saturated heterocycles. The Bertz CT molecular complexity index is 305. The van der Waals surface area contributed by atoms with Crippen molar-refractivity contribution in [2.75, 3.05) is 13.2 Å². The van der Waals surface area contributed by atoms with E-state index in [-0.39, 0.29) is 18.6 Å². The molecule has 5 nitrogen and oxygen atoms in total. The minimum Gasteiger partial charge on any atom is -0.480 e. The molecule has 0 aromatic carbocycles. The van der Waals surface area contributed by atoms with Crippen molar-refractivity contribution in [2.24, 2.45) is 0 Å². The summed E-state index contributed by atoms with van der Waals surface area (Å²) in [4.78, 5) is 24.5. The van der Waals surface area contributed by atoms with Crippen molar-refractivity contribution in [3.05, 3.63) is 0 Å². The molecule has 98 valence electrons. The van der Waals surface area contributed by atoms with E-state index >= 15 is 0 Å². The van der Waals surface area contributed by atoms with Gasteiger partial charge >= 0.3 is 5.97 Å². The summed E-state index contributed by atoms with van der Waals surface area (Å²) in [7, 11) is 0. The van der Waals surface area contributed by atoms with Gasteiger partial charge in [-0.25, -0.2) is 4.79 Å². The van der Waals surface area contributed by atoms with Crippen LogP contribution in [0.4, 0.5) is 0 Å². The first kappa shape index (κ1) is 14.0. The summed E-state index contributed by atoms with van der Waals surface area (Å²) >= 11 is 0. The normalized spacial score (nSPS) is 25.9. The SMILES string of the molecule is CCC(C)OCC(=O)N1CCCC1(C)C(=O)O. The zero-order chi connectivity index (χ0) is 13.1. The van der Waals surface area contributed by atoms with Gasteiger partial charge in [0.1, 0.15) is 12.1 Å². The second-order valence-corrected chi connectivity index (χ2v) is 4.76.